The van der Waals surface area contributed by atoms with Crippen LogP contribution in [-0.4, -0.2) is 46.8 Å². The van der Waals surface area contributed by atoms with Gasteiger partial charge in [-0.2, -0.15) is 5.10 Å². The molecule has 0 spiro atoms. The van der Waals surface area contributed by atoms with Crippen molar-refractivity contribution in [3.05, 3.63) is 30.2 Å². The van der Waals surface area contributed by atoms with Gasteiger partial charge >= 0.3 is 0 Å². The highest BCUT2D eigenvalue weighted by Crippen LogP contribution is 2.25. The molecular weight excluding hydrogens is 268 g/mol. The lowest BCUT2D eigenvalue weighted by molar-refractivity contribution is -0.00549. The minimum Gasteiger partial charge on any atom is -0.372 e. The van der Waals surface area contributed by atoms with Crippen molar-refractivity contribution in [2.24, 2.45) is 0 Å². The molecule has 0 saturated carbocycles. The van der Waals surface area contributed by atoms with Crippen molar-refractivity contribution >= 4 is 12.1 Å². The summed E-state index contributed by atoms with van der Waals surface area (Å²) in [7, 11) is 0. The molecule has 0 bridgehead atoms. The van der Waals surface area contributed by atoms with Crippen LogP contribution in [0.1, 0.15) is 24.2 Å². The number of hydrogen-bond acceptors (Lipinski definition) is 5. The smallest absolute Gasteiger partial charge is 0.153 e. The lowest BCUT2D eigenvalue weighted by Crippen LogP contribution is -2.46. The number of nitrogens with zero attached hydrogens (tertiary/aromatic N) is 3. The number of aldehydes is 1. The second-order valence-electron chi connectivity index (χ2n) is 5.40. The van der Waals surface area contributed by atoms with Crippen molar-refractivity contribution in [2.45, 2.75) is 26.1 Å². The summed E-state index contributed by atoms with van der Waals surface area (Å²) in [6.07, 6.45) is 6.38. The van der Waals surface area contributed by atoms with Gasteiger partial charge in [0.1, 0.15) is 5.82 Å². The van der Waals surface area contributed by atoms with E-state index in [2.05, 4.69) is 20.1 Å². The van der Waals surface area contributed by atoms with Gasteiger partial charge < -0.3 is 9.64 Å². The molecule has 21 heavy (non-hydrogen) atoms. The van der Waals surface area contributed by atoms with E-state index in [0.717, 1.165) is 36.3 Å². The van der Waals surface area contributed by atoms with Crippen molar-refractivity contribution in [3.8, 4) is 11.1 Å². The van der Waals surface area contributed by atoms with Crippen molar-refractivity contribution in [1.82, 2.24) is 15.2 Å². The van der Waals surface area contributed by atoms with E-state index in [1.54, 1.807) is 18.6 Å². The second kappa shape index (κ2) is 5.65. The predicted molar refractivity (Wildman–Crippen MR) is 79.4 cm³/mol. The number of aromatic nitrogens is 3. The molecule has 2 atom stereocenters. The number of rotatable bonds is 3. The normalized spacial score (nSPS) is 22.3. The zero-order chi connectivity index (χ0) is 14.8. The standard InChI is InChI=1S/C15H18N4O2/c1-10-7-19(8-11(2)21-10)15-13(9-20)3-12(4-16-15)14-5-17-18-6-14/h3-6,9-11H,7-8H2,1-2H3,(H,17,18). The Bertz CT molecular complexity index is 617. The van der Waals surface area contributed by atoms with E-state index in [4.69, 9.17) is 4.74 Å². The number of carbonyl (C=O) groups is 1. The van der Waals surface area contributed by atoms with Crippen LogP contribution >= 0.6 is 0 Å². The molecule has 2 aromatic rings. The summed E-state index contributed by atoms with van der Waals surface area (Å²) in [5, 5.41) is 6.68. The van der Waals surface area contributed by atoms with Crippen molar-refractivity contribution in [3.63, 3.8) is 0 Å². The number of pyridine rings is 1. The third-order valence-corrected chi connectivity index (χ3v) is 3.57. The van der Waals surface area contributed by atoms with E-state index < -0.39 is 0 Å². The number of morpholine rings is 1. The van der Waals surface area contributed by atoms with Gasteiger partial charge in [-0.05, 0) is 19.9 Å². The molecule has 0 aliphatic carbocycles. The molecule has 0 amide bonds. The Morgan fingerprint density at radius 1 is 1.29 bits per heavy atom. The first-order chi connectivity index (χ1) is 10.2. The summed E-state index contributed by atoms with van der Waals surface area (Å²) >= 11 is 0. The minimum atomic E-state index is 0.128. The maximum absolute atomic E-state index is 11.4. The maximum atomic E-state index is 11.4. The first kappa shape index (κ1) is 13.8. The first-order valence-electron chi connectivity index (χ1n) is 7.02. The largest absolute Gasteiger partial charge is 0.372 e. The molecule has 6 nitrogen and oxygen atoms in total. The molecule has 1 fully saturated rings. The number of nitrogens with one attached hydrogen (secondary N) is 1. The van der Waals surface area contributed by atoms with Crippen LogP contribution in [-0.2, 0) is 4.74 Å². The average molecular weight is 286 g/mol. The Hall–Kier alpha value is -2.21. The van der Waals surface area contributed by atoms with Crippen LogP contribution in [0.5, 0.6) is 0 Å². The topological polar surface area (TPSA) is 71.1 Å². The number of aromatic amines is 1. The fraction of sp³-hybridized carbons (Fsp3) is 0.400. The van der Waals surface area contributed by atoms with Crippen LogP contribution in [0.3, 0.4) is 0 Å². The molecule has 2 unspecified atom stereocenters. The van der Waals surface area contributed by atoms with Gasteiger partial charge in [0.2, 0.25) is 0 Å². The van der Waals surface area contributed by atoms with Crippen LogP contribution in [0.4, 0.5) is 5.82 Å². The third-order valence-electron chi connectivity index (χ3n) is 3.57. The van der Waals surface area contributed by atoms with Gasteiger partial charge in [0, 0.05) is 36.6 Å². The molecule has 1 N–H and O–H groups in total. The summed E-state index contributed by atoms with van der Waals surface area (Å²) in [6, 6.07) is 1.85. The number of carbonyl (C=O) groups excluding carboxylic acids is 1. The molecule has 2 aromatic heterocycles. The monoisotopic (exact) mass is 286 g/mol. The summed E-state index contributed by atoms with van der Waals surface area (Å²) in [6.45, 7) is 5.54. The summed E-state index contributed by atoms with van der Waals surface area (Å²) < 4.78 is 5.72. The highest BCUT2D eigenvalue weighted by molar-refractivity contribution is 5.85. The van der Waals surface area contributed by atoms with Gasteiger partial charge in [0.15, 0.2) is 6.29 Å². The van der Waals surface area contributed by atoms with Crippen LogP contribution < -0.4 is 4.90 Å². The van der Waals surface area contributed by atoms with Crippen LogP contribution in [0.25, 0.3) is 11.1 Å². The third kappa shape index (κ3) is 2.80. The Morgan fingerprint density at radius 2 is 2.05 bits per heavy atom. The summed E-state index contributed by atoms with van der Waals surface area (Å²) in [5.41, 5.74) is 2.39. The SMILES string of the molecule is CC1CN(c2ncc(-c3cn[nH]c3)cc2C=O)CC(C)O1. The lowest BCUT2D eigenvalue weighted by Gasteiger charge is -2.36. The molecule has 1 saturated heterocycles. The number of hydrogen-bond donors (Lipinski definition) is 1. The summed E-state index contributed by atoms with van der Waals surface area (Å²) in [5.74, 6) is 0.722. The molecule has 3 rings (SSSR count). The van der Waals surface area contributed by atoms with Crippen molar-refractivity contribution < 1.29 is 9.53 Å². The van der Waals surface area contributed by atoms with Gasteiger partial charge in [-0.3, -0.25) is 9.89 Å². The second-order valence-corrected chi connectivity index (χ2v) is 5.40. The molecule has 0 aromatic carbocycles. The number of anilines is 1. The van der Waals surface area contributed by atoms with E-state index >= 15 is 0 Å². The molecule has 110 valence electrons. The highest BCUT2D eigenvalue weighted by Gasteiger charge is 2.25. The zero-order valence-corrected chi connectivity index (χ0v) is 12.1. The lowest BCUT2D eigenvalue weighted by atomic mass is 10.1. The number of ether oxygens (including phenoxy) is 1. The Morgan fingerprint density at radius 3 is 2.67 bits per heavy atom. The molecule has 0 radical (unpaired) electrons. The fourth-order valence-corrected chi connectivity index (χ4v) is 2.74. The van der Waals surface area contributed by atoms with Gasteiger partial charge in [-0.1, -0.05) is 0 Å². The average Bonchev–Trinajstić information content (AvgIpc) is 2.99. The Balaban J connectivity index is 1.94. The van der Waals surface area contributed by atoms with Gasteiger partial charge in [-0.15, -0.1) is 0 Å². The quantitative estimate of drug-likeness (QED) is 0.873. The highest BCUT2D eigenvalue weighted by atomic mass is 16.5. The molecule has 3 heterocycles. The molecule has 1 aliphatic rings. The van der Waals surface area contributed by atoms with Crippen molar-refractivity contribution in [1.29, 1.82) is 0 Å². The van der Waals surface area contributed by atoms with E-state index in [0.29, 0.717) is 5.56 Å². The van der Waals surface area contributed by atoms with Crippen LogP contribution in [0.15, 0.2) is 24.7 Å². The summed E-state index contributed by atoms with van der Waals surface area (Å²) in [4.78, 5) is 18.0. The van der Waals surface area contributed by atoms with Crippen LogP contribution in [0.2, 0.25) is 0 Å². The maximum Gasteiger partial charge on any atom is 0.153 e. The van der Waals surface area contributed by atoms with E-state index in [1.807, 2.05) is 19.9 Å². The first-order valence-corrected chi connectivity index (χ1v) is 7.02. The zero-order valence-electron chi connectivity index (χ0n) is 12.1. The molecular formula is C15H18N4O2. The van der Waals surface area contributed by atoms with Gasteiger partial charge in [-0.25, -0.2) is 4.98 Å². The van der Waals surface area contributed by atoms with E-state index in [-0.39, 0.29) is 12.2 Å². The molecule has 1 aliphatic heterocycles. The van der Waals surface area contributed by atoms with Crippen molar-refractivity contribution in [2.75, 3.05) is 18.0 Å². The minimum absolute atomic E-state index is 0.128. The predicted octanol–water partition coefficient (Wildman–Crippen LogP) is 1.90. The number of H-pyrrole nitrogens is 1. The van der Waals surface area contributed by atoms with Gasteiger partial charge in [0.05, 0.1) is 24.0 Å². The van der Waals surface area contributed by atoms with E-state index in [1.165, 1.54) is 0 Å². The van der Waals surface area contributed by atoms with Crippen LogP contribution in [0, 0.1) is 0 Å². The Kier molecular flexibility index (Phi) is 3.70. The van der Waals surface area contributed by atoms with E-state index in [9.17, 15) is 4.79 Å². The molecule has 6 heteroatoms. The Labute approximate surface area is 123 Å². The fourth-order valence-electron chi connectivity index (χ4n) is 2.74. The van der Waals surface area contributed by atoms with Gasteiger partial charge in [0.25, 0.3) is 0 Å².